The number of rotatable bonds is 4. The molecule has 1 heterocycles. The van der Waals surface area contributed by atoms with Crippen LogP contribution in [0.1, 0.15) is 37.4 Å². The minimum Gasteiger partial charge on any atom is -0.507 e. The number of aliphatic hydroxyl groups is 5. The van der Waals surface area contributed by atoms with E-state index in [1.54, 1.807) is 0 Å². The van der Waals surface area contributed by atoms with Crippen LogP contribution < -0.4 is 4.74 Å². The second-order valence-corrected chi connectivity index (χ2v) is 7.35. The van der Waals surface area contributed by atoms with Gasteiger partial charge in [-0.2, -0.15) is 0 Å². The highest BCUT2D eigenvalue weighted by Gasteiger charge is 2.45. The molecule has 0 aromatic heterocycles. The Bertz CT molecular complexity index is 1050. The number of aromatic hydroxyl groups is 1. The highest BCUT2D eigenvalue weighted by Crippen LogP contribution is 2.38. The maximum absolute atomic E-state index is 13.2. The van der Waals surface area contributed by atoms with Gasteiger partial charge in [0.2, 0.25) is 12.1 Å². The maximum Gasteiger partial charge on any atom is 0.229 e. The topological polar surface area (TPSA) is 174 Å². The molecule has 4 rings (SSSR count). The number of ether oxygens (including phenoxy) is 2. The zero-order valence-corrected chi connectivity index (χ0v) is 16.0. The number of aliphatic hydroxyl groups excluding tert-OH is 5. The molecular weight excluding hydrogens is 412 g/mol. The standard InChI is InChI=1S/C21H20O10/c22-6-8-4-10-14(11(24)5-8)18(27)15-9(16(10)25)2-1-3-12(15)30-21-20(29)19(28)17(26)13(7-23)31-21/h1-5,13,17,19-24,26,28-29H,6-7H2/t13-,17+,19+,20+,21-/m0/s1. The first-order chi connectivity index (χ1) is 14.8. The summed E-state index contributed by atoms with van der Waals surface area (Å²) in [6, 6.07) is 6.67. The van der Waals surface area contributed by atoms with E-state index in [0.717, 1.165) is 0 Å². The van der Waals surface area contributed by atoms with Crippen LogP contribution in [0.25, 0.3) is 0 Å². The monoisotopic (exact) mass is 432 g/mol. The van der Waals surface area contributed by atoms with Crippen LogP contribution in [0.3, 0.4) is 0 Å². The fraction of sp³-hybridized carbons (Fsp3) is 0.333. The summed E-state index contributed by atoms with van der Waals surface area (Å²) in [7, 11) is 0. The van der Waals surface area contributed by atoms with Gasteiger partial charge in [0.1, 0.15) is 35.9 Å². The largest absolute Gasteiger partial charge is 0.507 e. The number of benzene rings is 2. The third-order valence-electron chi connectivity index (χ3n) is 5.42. The molecule has 0 unspecified atom stereocenters. The van der Waals surface area contributed by atoms with Gasteiger partial charge in [-0.1, -0.05) is 12.1 Å². The van der Waals surface area contributed by atoms with Crippen LogP contribution in [-0.2, 0) is 11.3 Å². The summed E-state index contributed by atoms with van der Waals surface area (Å²) in [5, 5.41) is 59.0. The van der Waals surface area contributed by atoms with Crippen molar-refractivity contribution in [1.29, 1.82) is 0 Å². The van der Waals surface area contributed by atoms with Crippen molar-refractivity contribution in [1.82, 2.24) is 0 Å². The molecule has 164 valence electrons. The SMILES string of the molecule is O=C1c2cc(CO)cc(O)c2C(=O)c2c(O[C@H]3O[C@@H](CO)[C@@H](O)[C@@H](O)[C@H]3O)cccc21. The van der Waals surface area contributed by atoms with Crippen molar-refractivity contribution in [3.8, 4) is 11.5 Å². The van der Waals surface area contributed by atoms with Gasteiger partial charge in [0.05, 0.1) is 24.3 Å². The van der Waals surface area contributed by atoms with Gasteiger partial charge in [0, 0.05) is 11.1 Å². The van der Waals surface area contributed by atoms with Crippen LogP contribution in [0, 0.1) is 0 Å². The number of hydrogen-bond acceptors (Lipinski definition) is 10. The first-order valence-corrected chi connectivity index (χ1v) is 9.44. The third-order valence-corrected chi connectivity index (χ3v) is 5.42. The Labute approximate surface area is 175 Å². The fourth-order valence-electron chi connectivity index (χ4n) is 3.81. The molecule has 10 nitrogen and oxygen atoms in total. The van der Waals surface area contributed by atoms with E-state index in [1.807, 2.05) is 0 Å². The number of carbonyl (C=O) groups excluding carboxylic acids is 2. The van der Waals surface area contributed by atoms with Gasteiger partial charge in [0.15, 0.2) is 5.78 Å². The Morgan fingerprint density at radius 3 is 2.32 bits per heavy atom. The molecule has 0 radical (unpaired) electrons. The number of hydrogen-bond donors (Lipinski definition) is 6. The zero-order chi connectivity index (χ0) is 22.4. The van der Waals surface area contributed by atoms with E-state index in [2.05, 4.69) is 0 Å². The smallest absolute Gasteiger partial charge is 0.229 e. The van der Waals surface area contributed by atoms with Crippen molar-refractivity contribution < 1.29 is 49.7 Å². The molecular formula is C21H20O10. The predicted octanol–water partition coefficient (Wildman–Crippen LogP) is -1.16. The summed E-state index contributed by atoms with van der Waals surface area (Å²) in [6.45, 7) is -1.10. The van der Waals surface area contributed by atoms with Crippen LogP contribution in [0.2, 0.25) is 0 Å². The Balaban J connectivity index is 1.75. The third kappa shape index (κ3) is 3.39. The van der Waals surface area contributed by atoms with E-state index in [1.165, 1.54) is 30.3 Å². The van der Waals surface area contributed by atoms with E-state index in [-0.39, 0.29) is 33.6 Å². The highest BCUT2D eigenvalue weighted by molar-refractivity contribution is 6.30. The van der Waals surface area contributed by atoms with Gasteiger partial charge in [0.25, 0.3) is 0 Å². The van der Waals surface area contributed by atoms with Gasteiger partial charge in [-0.15, -0.1) is 0 Å². The molecule has 31 heavy (non-hydrogen) atoms. The molecule has 2 aromatic rings. The molecule has 0 saturated carbocycles. The van der Waals surface area contributed by atoms with E-state index in [0.29, 0.717) is 0 Å². The molecule has 1 fully saturated rings. The van der Waals surface area contributed by atoms with Gasteiger partial charge in [-0.3, -0.25) is 9.59 Å². The van der Waals surface area contributed by atoms with E-state index in [9.17, 15) is 40.2 Å². The molecule has 1 aliphatic heterocycles. The summed E-state index contributed by atoms with van der Waals surface area (Å²) < 4.78 is 10.9. The number of phenolic OH excluding ortho intramolecular Hbond substituents is 1. The fourth-order valence-corrected chi connectivity index (χ4v) is 3.81. The maximum atomic E-state index is 13.2. The molecule has 5 atom stereocenters. The lowest BCUT2D eigenvalue weighted by Crippen LogP contribution is -2.60. The molecule has 1 saturated heterocycles. The summed E-state index contributed by atoms with van der Waals surface area (Å²) in [4.78, 5) is 26.2. The Morgan fingerprint density at radius 2 is 1.65 bits per heavy atom. The van der Waals surface area contributed by atoms with E-state index >= 15 is 0 Å². The molecule has 2 aliphatic rings. The normalized spacial score (nSPS) is 27.6. The summed E-state index contributed by atoms with van der Waals surface area (Å²) in [5.41, 5.74) is -0.251. The summed E-state index contributed by atoms with van der Waals surface area (Å²) >= 11 is 0. The van der Waals surface area contributed by atoms with Crippen LogP contribution in [-0.4, -0.2) is 79.5 Å². The number of ketones is 2. The Hall–Kier alpha value is -2.86. The van der Waals surface area contributed by atoms with Crippen molar-refractivity contribution in [2.45, 2.75) is 37.3 Å². The lowest BCUT2D eigenvalue weighted by molar-refractivity contribution is -0.277. The first kappa shape index (κ1) is 21.4. The molecule has 0 amide bonds. The Morgan fingerprint density at radius 1 is 0.903 bits per heavy atom. The van der Waals surface area contributed by atoms with Crippen molar-refractivity contribution in [2.75, 3.05) is 6.61 Å². The highest BCUT2D eigenvalue weighted by atomic mass is 16.7. The van der Waals surface area contributed by atoms with Crippen molar-refractivity contribution in [3.63, 3.8) is 0 Å². The van der Waals surface area contributed by atoms with Crippen molar-refractivity contribution >= 4 is 11.6 Å². The zero-order valence-electron chi connectivity index (χ0n) is 16.0. The minimum atomic E-state index is -1.71. The lowest BCUT2D eigenvalue weighted by Gasteiger charge is -2.39. The number of phenols is 1. The molecule has 10 heteroatoms. The van der Waals surface area contributed by atoms with Gasteiger partial charge < -0.3 is 40.1 Å². The first-order valence-electron chi connectivity index (χ1n) is 9.44. The van der Waals surface area contributed by atoms with Crippen molar-refractivity contribution in [2.24, 2.45) is 0 Å². The van der Waals surface area contributed by atoms with Crippen LogP contribution >= 0.6 is 0 Å². The molecule has 1 aliphatic carbocycles. The second kappa shape index (κ2) is 8.00. The van der Waals surface area contributed by atoms with Crippen LogP contribution in [0.4, 0.5) is 0 Å². The summed E-state index contributed by atoms with van der Waals surface area (Å²) in [6.07, 6.45) is -7.76. The number of fused-ring (bicyclic) bond motifs is 2. The Kier molecular flexibility index (Phi) is 5.52. The van der Waals surface area contributed by atoms with Gasteiger partial charge in [-0.25, -0.2) is 0 Å². The molecule has 0 bridgehead atoms. The van der Waals surface area contributed by atoms with Crippen LogP contribution in [0.15, 0.2) is 30.3 Å². The second-order valence-electron chi connectivity index (χ2n) is 7.35. The molecule has 6 N–H and O–H groups in total. The van der Waals surface area contributed by atoms with Gasteiger partial charge >= 0.3 is 0 Å². The molecule has 0 spiro atoms. The quantitative estimate of drug-likeness (QED) is 0.295. The lowest BCUT2D eigenvalue weighted by atomic mass is 9.82. The van der Waals surface area contributed by atoms with E-state index in [4.69, 9.17) is 9.47 Å². The predicted molar refractivity (Wildman–Crippen MR) is 102 cm³/mol. The summed E-state index contributed by atoms with van der Waals surface area (Å²) in [5.74, 6) is -1.93. The van der Waals surface area contributed by atoms with Crippen molar-refractivity contribution in [3.05, 3.63) is 58.1 Å². The number of carbonyl (C=O) groups is 2. The van der Waals surface area contributed by atoms with E-state index < -0.39 is 61.2 Å². The average molecular weight is 432 g/mol. The average Bonchev–Trinajstić information content (AvgIpc) is 2.77. The minimum absolute atomic E-state index is 0.0194. The molecule has 2 aromatic carbocycles. The van der Waals surface area contributed by atoms with Crippen LogP contribution in [0.5, 0.6) is 11.5 Å². The van der Waals surface area contributed by atoms with Gasteiger partial charge in [-0.05, 0) is 23.8 Å².